The van der Waals surface area contributed by atoms with Gasteiger partial charge in [0.05, 0.1) is 24.3 Å². The first-order valence-electron chi connectivity index (χ1n) is 8.45. The molecule has 1 atom stereocenters. The molecule has 0 saturated carbocycles. The molecule has 1 aromatic heterocycles. The van der Waals surface area contributed by atoms with Crippen LogP contribution < -0.4 is 10.2 Å². The van der Waals surface area contributed by atoms with Gasteiger partial charge >= 0.3 is 0 Å². The van der Waals surface area contributed by atoms with E-state index >= 15 is 0 Å². The molecule has 1 unspecified atom stereocenters. The Kier molecular flexibility index (Phi) is 5.02. The zero-order chi connectivity index (χ0) is 18.7. The molecule has 1 aliphatic heterocycles. The van der Waals surface area contributed by atoms with Crippen molar-refractivity contribution < 1.29 is 9.59 Å². The van der Waals surface area contributed by atoms with Crippen LogP contribution in [0.3, 0.4) is 0 Å². The second kappa shape index (κ2) is 7.39. The summed E-state index contributed by atoms with van der Waals surface area (Å²) in [6, 6.07) is 11.2. The molecule has 26 heavy (non-hydrogen) atoms. The maximum atomic E-state index is 12.6. The molecule has 2 aromatic rings. The number of carbonyl (C=O) groups is 2. The van der Waals surface area contributed by atoms with E-state index in [0.29, 0.717) is 5.69 Å². The van der Waals surface area contributed by atoms with E-state index in [4.69, 9.17) is 0 Å². The van der Waals surface area contributed by atoms with Crippen molar-refractivity contribution in [1.82, 2.24) is 9.88 Å². The van der Waals surface area contributed by atoms with Crippen LogP contribution in [0.25, 0.3) is 6.08 Å². The fourth-order valence-corrected chi connectivity index (χ4v) is 3.03. The molecule has 0 bridgehead atoms. The molecular weight excluding hydrogens is 328 g/mol. The highest BCUT2D eigenvalue weighted by Crippen LogP contribution is 2.33. The third-order valence-electron chi connectivity index (χ3n) is 4.34. The molecule has 134 valence electrons. The Labute approximate surface area is 153 Å². The van der Waals surface area contributed by atoms with E-state index < -0.39 is 0 Å². The standard InChI is InChI=1S/C20H22N4O2/c1-14(25)24-11-10-15-6-4-5-7-17(15)18(24)12-20(26)22-16-8-9-19(21-13-16)23(2)3/h4-11,13,18H,12H2,1-3H3,(H,22,26). The van der Waals surface area contributed by atoms with E-state index in [-0.39, 0.29) is 24.3 Å². The molecule has 0 spiro atoms. The predicted molar refractivity (Wildman–Crippen MR) is 103 cm³/mol. The quantitative estimate of drug-likeness (QED) is 0.920. The van der Waals surface area contributed by atoms with Crippen LogP contribution in [0.5, 0.6) is 0 Å². The number of hydrogen-bond acceptors (Lipinski definition) is 4. The Morgan fingerprint density at radius 2 is 1.96 bits per heavy atom. The van der Waals surface area contributed by atoms with Gasteiger partial charge in [0.15, 0.2) is 0 Å². The van der Waals surface area contributed by atoms with E-state index in [2.05, 4.69) is 10.3 Å². The number of nitrogens with zero attached hydrogens (tertiary/aromatic N) is 3. The number of fused-ring (bicyclic) bond motifs is 1. The number of amides is 2. The molecule has 1 N–H and O–H groups in total. The smallest absolute Gasteiger partial charge is 0.226 e. The molecule has 1 aliphatic rings. The predicted octanol–water partition coefficient (Wildman–Crippen LogP) is 3.05. The van der Waals surface area contributed by atoms with Crippen LogP contribution in [-0.4, -0.2) is 35.8 Å². The first kappa shape index (κ1) is 17.7. The first-order valence-corrected chi connectivity index (χ1v) is 8.45. The van der Waals surface area contributed by atoms with Crippen LogP contribution >= 0.6 is 0 Å². The highest BCUT2D eigenvalue weighted by molar-refractivity contribution is 5.92. The number of carbonyl (C=O) groups excluding carboxylic acids is 2. The van der Waals surface area contributed by atoms with Gasteiger partial charge in [-0.15, -0.1) is 0 Å². The summed E-state index contributed by atoms with van der Waals surface area (Å²) >= 11 is 0. The van der Waals surface area contributed by atoms with Crippen molar-refractivity contribution >= 4 is 29.4 Å². The average Bonchev–Trinajstić information content (AvgIpc) is 2.62. The SMILES string of the molecule is CC(=O)N1C=Cc2ccccc2C1CC(=O)Nc1ccc(N(C)C)nc1. The molecule has 1 aromatic carbocycles. The van der Waals surface area contributed by atoms with Gasteiger partial charge in [0.1, 0.15) is 5.82 Å². The Balaban J connectivity index is 1.76. The summed E-state index contributed by atoms with van der Waals surface area (Å²) in [6.45, 7) is 1.51. The maximum Gasteiger partial charge on any atom is 0.226 e. The van der Waals surface area contributed by atoms with Crippen molar-refractivity contribution in [1.29, 1.82) is 0 Å². The van der Waals surface area contributed by atoms with Crippen LogP contribution in [0, 0.1) is 0 Å². The normalized spacial score (nSPS) is 15.3. The third kappa shape index (κ3) is 3.74. The summed E-state index contributed by atoms with van der Waals surface area (Å²) in [5.74, 6) is 0.563. The minimum Gasteiger partial charge on any atom is -0.363 e. The minimum absolute atomic E-state index is 0.0921. The van der Waals surface area contributed by atoms with Gasteiger partial charge in [0.25, 0.3) is 0 Å². The number of rotatable bonds is 4. The summed E-state index contributed by atoms with van der Waals surface area (Å²) in [7, 11) is 3.82. The van der Waals surface area contributed by atoms with Crippen molar-refractivity contribution in [2.24, 2.45) is 0 Å². The van der Waals surface area contributed by atoms with E-state index in [9.17, 15) is 9.59 Å². The van der Waals surface area contributed by atoms with E-state index in [1.807, 2.05) is 61.5 Å². The number of anilines is 2. The largest absolute Gasteiger partial charge is 0.363 e. The second-order valence-corrected chi connectivity index (χ2v) is 6.44. The lowest BCUT2D eigenvalue weighted by Crippen LogP contribution is -2.33. The number of nitrogens with one attached hydrogen (secondary N) is 1. The van der Waals surface area contributed by atoms with E-state index in [1.165, 1.54) is 6.92 Å². The molecule has 6 heteroatoms. The number of hydrogen-bond donors (Lipinski definition) is 1. The summed E-state index contributed by atoms with van der Waals surface area (Å²) in [6.07, 6.45) is 5.45. The van der Waals surface area contributed by atoms with Crippen molar-refractivity contribution in [3.8, 4) is 0 Å². The van der Waals surface area contributed by atoms with Gasteiger partial charge in [-0.3, -0.25) is 9.59 Å². The van der Waals surface area contributed by atoms with Crippen molar-refractivity contribution in [2.75, 3.05) is 24.3 Å². The molecule has 0 saturated heterocycles. The van der Waals surface area contributed by atoms with Crippen molar-refractivity contribution in [3.05, 3.63) is 59.9 Å². The average molecular weight is 350 g/mol. The molecule has 3 rings (SSSR count). The molecule has 6 nitrogen and oxygen atoms in total. The summed E-state index contributed by atoms with van der Waals surface area (Å²) in [5.41, 5.74) is 2.64. The first-order chi connectivity index (χ1) is 12.5. The molecule has 2 amide bonds. The molecular formula is C20H22N4O2. The van der Waals surface area contributed by atoms with E-state index in [1.54, 1.807) is 17.3 Å². The number of aromatic nitrogens is 1. The van der Waals surface area contributed by atoms with Gasteiger partial charge in [-0.25, -0.2) is 4.98 Å². The van der Waals surface area contributed by atoms with Crippen LogP contribution in [-0.2, 0) is 9.59 Å². The third-order valence-corrected chi connectivity index (χ3v) is 4.34. The molecule has 0 aliphatic carbocycles. The summed E-state index contributed by atoms with van der Waals surface area (Å²) < 4.78 is 0. The maximum absolute atomic E-state index is 12.6. The lowest BCUT2D eigenvalue weighted by molar-refractivity contribution is -0.129. The van der Waals surface area contributed by atoms with Crippen LogP contribution in [0.15, 0.2) is 48.8 Å². The van der Waals surface area contributed by atoms with Crippen molar-refractivity contribution in [2.45, 2.75) is 19.4 Å². The number of benzene rings is 1. The lowest BCUT2D eigenvalue weighted by atomic mass is 9.93. The molecule has 0 fully saturated rings. The van der Waals surface area contributed by atoms with Gasteiger partial charge < -0.3 is 15.1 Å². The van der Waals surface area contributed by atoms with Crippen LogP contribution in [0.2, 0.25) is 0 Å². The van der Waals surface area contributed by atoms with Crippen molar-refractivity contribution in [3.63, 3.8) is 0 Å². The molecule has 0 radical (unpaired) electrons. The van der Waals surface area contributed by atoms with Gasteiger partial charge in [0, 0.05) is 27.2 Å². The molecule has 2 heterocycles. The van der Waals surface area contributed by atoms with E-state index in [0.717, 1.165) is 16.9 Å². The fraction of sp³-hybridized carbons (Fsp3) is 0.250. The van der Waals surface area contributed by atoms with Crippen LogP contribution in [0.4, 0.5) is 11.5 Å². The monoisotopic (exact) mass is 350 g/mol. The number of pyridine rings is 1. The zero-order valence-corrected chi connectivity index (χ0v) is 15.1. The summed E-state index contributed by atoms with van der Waals surface area (Å²) in [5, 5.41) is 2.86. The highest BCUT2D eigenvalue weighted by Gasteiger charge is 2.28. The topological polar surface area (TPSA) is 65.5 Å². The minimum atomic E-state index is -0.317. The second-order valence-electron chi connectivity index (χ2n) is 6.44. The Morgan fingerprint density at radius 3 is 2.62 bits per heavy atom. The summed E-state index contributed by atoms with van der Waals surface area (Å²) in [4.78, 5) is 32.3. The Hall–Kier alpha value is -3.15. The Bertz CT molecular complexity index is 843. The van der Waals surface area contributed by atoms with Gasteiger partial charge in [0.2, 0.25) is 11.8 Å². The van der Waals surface area contributed by atoms with Gasteiger partial charge in [-0.05, 0) is 29.3 Å². The lowest BCUT2D eigenvalue weighted by Gasteiger charge is -2.32. The zero-order valence-electron chi connectivity index (χ0n) is 15.1. The fourth-order valence-electron chi connectivity index (χ4n) is 3.03. The Morgan fingerprint density at radius 1 is 1.19 bits per heavy atom. The van der Waals surface area contributed by atoms with Crippen LogP contribution in [0.1, 0.15) is 30.5 Å². The van der Waals surface area contributed by atoms with Gasteiger partial charge in [-0.2, -0.15) is 0 Å². The van der Waals surface area contributed by atoms with Gasteiger partial charge in [-0.1, -0.05) is 24.3 Å². The highest BCUT2D eigenvalue weighted by atomic mass is 16.2.